The number of aromatic nitrogens is 2. The lowest BCUT2D eigenvalue weighted by atomic mass is 9.87. The van der Waals surface area contributed by atoms with Crippen LogP contribution in [0.5, 0.6) is 0 Å². The minimum absolute atomic E-state index is 0.200. The van der Waals surface area contributed by atoms with E-state index >= 15 is 0 Å². The molecule has 1 aromatic carbocycles. The van der Waals surface area contributed by atoms with E-state index in [0.717, 1.165) is 5.56 Å². The van der Waals surface area contributed by atoms with Gasteiger partial charge in [0.2, 0.25) is 11.7 Å². The highest BCUT2D eigenvalue weighted by Crippen LogP contribution is 2.24. The Balaban J connectivity index is 2.12. The molecule has 0 saturated heterocycles. The zero-order valence-corrected chi connectivity index (χ0v) is 13.1. The number of rotatable bonds is 4. The van der Waals surface area contributed by atoms with Gasteiger partial charge in [-0.15, -0.1) is 11.8 Å². The van der Waals surface area contributed by atoms with Gasteiger partial charge >= 0.3 is 0 Å². The SMILES string of the molecule is CSc1ccc(-c2noc(CC(O)C(C)(C)C)n2)cc1. The van der Waals surface area contributed by atoms with Crippen molar-refractivity contribution in [3.8, 4) is 11.4 Å². The lowest BCUT2D eigenvalue weighted by Crippen LogP contribution is -2.28. The predicted octanol–water partition coefficient (Wildman–Crippen LogP) is 3.41. The van der Waals surface area contributed by atoms with Gasteiger partial charge < -0.3 is 9.63 Å². The molecule has 0 radical (unpaired) electrons. The fraction of sp³-hybridized carbons (Fsp3) is 0.467. The van der Waals surface area contributed by atoms with Crippen LogP contribution in [0, 0.1) is 5.41 Å². The summed E-state index contributed by atoms with van der Waals surface area (Å²) in [6.07, 6.45) is 1.91. The van der Waals surface area contributed by atoms with Gasteiger partial charge in [0.05, 0.1) is 12.5 Å². The number of benzene rings is 1. The van der Waals surface area contributed by atoms with Gasteiger partial charge in [-0.1, -0.05) is 25.9 Å². The summed E-state index contributed by atoms with van der Waals surface area (Å²) in [7, 11) is 0. The van der Waals surface area contributed by atoms with Crippen LogP contribution in [-0.4, -0.2) is 27.6 Å². The van der Waals surface area contributed by atoms with E-state index in [1.807, 2.05) is 51.3 Å². The lowest BCUT2D eigenvalue weighted by molar-refractivity contribution is 0.0565. The fourth-order valence-electron chi connectivity index (χ4n) is 1.67. The number of nitrogens with zero attached hydrogens (tertiary/aromatic N) is 2. The Morgan fingerprint density at radius 1 is 1.25 bits per heavy atom. The Kier molecular flexibility index (Phi) is 4.50. The molecule has 0 bridgehead atoms. The van der Waals surface area contributed by atoms with E-state index in [1.165, 1.54) is 4.90 Å². The van der Waals surface area contributed by atoms with Crippen molar-refractivity contribution >= 4 is 11.8 Å². The van der Waals surface area contributed by atoms with Gasteiger partial charge in [-0.2, -0.15) is 4.98 Å². The molecule has 1 N–H and O–H groups in total. The molecule has 108 valence electrons. The summed E-state index contributed by atoms with van der Waals surface area (Å²) >= 11 is 1.69. The Morgan fingerprint density at radius 3 is 2.45 bits per heavy atom. The smallest absolute Gasteiger partial charge is 0.229 e. The first-order chi connectivity index (χ1) is 9.40. The van der Waals surface area contributed by atoms with Crippen LogP contribution in [0.15, 0.2) is 33.7 Å². The molecule has 20 heavy (non-hydrogen) atoms. The molecular weight excluding hydrogens is 272 g/mol. The molecule has 1 unspecified atom stereocenters. The summed E-state index contributed by atoms with van der Waals surface area (Å²) in [5, 5.41) is 14.0. The van der Waals surface area contributed by atoms with Crippen molar-refractivity contribution in [3.63, 3.8) is 0 Å². The van der Waals surface area contributed by atoms with Gasteiger partial charge in [-0.3, -0.25) is 0 Å². The summed E-state index contributed by atoms with van der Waals surface area (Å²) in [6, 6.07) is 8.00. The topological polar surface area (TPSA) is 59.2 Å². The first-order valence-electron chi connectivity index (χ1n) is 6.55. The number of thioether (sulfide) groups is 1. The third-order valence-electron chi connectivity index (χ3n) is 3.18. The Labute approximate surface area is 123 Å². The van der Waals surface area contributed by atoms with E-state index in [-0.39, 0.29) is 5.41 Å². The quantitative estimate of drug-likeness (QED) is 0.875. The average Bonchev–Trinajstić information content (AvgIpc) is 2.86. The Bertz CT molecular complexity index is 558. The van der Waals surface area contributed by atoms with Crippen molar-refractivity contribution < 1.29 is 9.63 Å². The molecule has 0 aliphatic rings. The number of hydrogen-bond donors (Lipinski definition) is 1. The molecule has 0 spiro atoms. The van der Waals surface area contributed by atoms with E-state index in [0.29, 0.717) is 18.1 Å². The van der Waals surface area contributed by atoms with E-state index in [4.69, 9.17) is 4.52 Å². The van der Waals surface area contributed by atoms with E-state index in [2.05, 4.69) is 10.1 Å². The maximum absolute atomic E-state index is 10.1. The number of aliphatic hydroxyl groups excluding tert-OH is 1. The zero-order valence-electron chi connectivity index (χ0n) is 12.3. The maximum Gasteiger partial charge on any atom is 0.229 e. The first-order valence-corrected chi connectivity index (χ1v) is 7.77. The number of aliphatic hydroxyl groups is 1. The second-order valence-corrected chi connectivity index (χ2v) is 6.71. The monoisotopic (exact) mass is 292 g/mol. The normalized spacial score (nSPS) is 13.4. The molecule has 0 saturated carbocycles. The van der Waals surface area contributed by atoms with Gasteiger partial charge in [0.1, 0.15) is 0 Å². The van der Waals surface area contributed by atoms with Crippen molar-refractivity contribution in [2.75, 3.05) is 6.26 Å². The minimum Gasteiger partial charge on any atom is -0.392 e. The molecule has 0 aliphatic heterocycles. The second-order valence-electron chi connectivity index (χ2n) is 5.83. The van der Waals surface area contributed by atoms with Crippen LogP contribution in [0.2, 0.25) is 0 Å². The third-order valence-corrected chi connectivity index (χ3v) is 3.93. The molecule has 2 rings (SSSR count). The van der Waals surface area contributed by atoms with Crippen molar-refractivity contribution in [2.45, 2.75) is 38.2 Å². The second kappa shape index (κ2) is 5.97. The molecule has 1 atom stereocenters. The fourth-order valence-corrected chi connectivity index (χ4v) is 2.07. The predicted molar refractivity (Wildman–Crippen MR) is 80.7 cm³/mol. The average molecular weight is 292 g/mol. The molecule has 1 aromatic heterocycles. The standard InChI is InChI=1S/C15H20N2O2S/c1-15(2,3)12(18)9-13-16-14(17-19-13)10-5-7-11(20-4)8-6-10/h5-8,12,18H,9H2,1-4H3. The Morgan fingerprint density at radius 2 is 1.90 bits per heavy atom. The van der Waals surface area contributed by atoms with Crippen LogP contribution < -0.4 is 0 Å². The maximum atomic E-state index is 10.1. The summed E-state index contributed by atoms with van der Waals surface area (Å²) < 4.78 is 5.22. The van der Waals surface area contributed by atoms with Crippen LogP contribution in [0.4, 0.5) is 0 Å². The molecular formula is C15H20N2O2S. The van der Waals surface area contributed by atoms with Crippen LogP contribution in [0.3, 0.4) is 0 Å². The third kappa shape index (κ3) is 3.61. The Hall–Kier alpha value is -1.33. The summed E-state index contributed by atoms with van der Waals surface area (Å²) in [5.74, 6) is 1.03. The van der Waals surface area contributed by atoms with E-state index in [1.54, 1.807) is 11.8 Å². The molecule has 1 heterocycles. The van der Waals surface area contributed by atoms with Crippen LogP contribution in [0.25, 0.3) is 11.4 Å². The van der Waals surface area contributed by atoms with Crippen molar-refractivity contribution in [1.82, 2.24) is 10.1 Å². The van der Waals surface area contributed by atoms with Crippen molar-refractivity contribution in [3.05, 3.63) is 30.2 Å². The van der Waals surface area contributed by atoms with Crippen molar-refractivity contribution in [1.29, 1.82) is 0 Å². The summed E-state index contributed by atoms with van der Waals surface area (Å²) in [4.78, 5) is 5.54. The molecule has 0 amide bonds. The molecule has 5 heteroatoms. The van der Waals surface area contributed by atoms with Gasteiger partial charge in [-0.25, -0.2) is 0 Å². The van der Waals surface area contributed by atoms with E-state index < -0.39 is 6.10 Å². The molecule has 0 fully saturated rings. The summed E-state index contributed by atoms with van der Waals surface area (Å²) in [5.41, 5.74) is 0.720. The van der Waals surface area contributed by atoms with Crippen molar-refractivity contribution in [2.24, 2.45) is 5.41 Å². The first kappa shape index (κ1) is 15.1. The van der Waals surface area contributed by atoms with Crippen LogP contribution in [0.1, 0.15) is 26.7 Å². The van der Waals surface area contributed by atoms with Crippen LogP contribution in [-0.2, 0) is 6.42 Å². The van der Waals surface area contributed by atoms with Gasteiger partial charge in [-0.05, 0) is 35.9 Å². The molecule has 4 nitrogen and oxygen atoms in total. The highest BCUT2D eigenvalue weighted by molar-refractivity contribution is 7.98. The van der Waals surface area contributed by atoms with Crippen LogP contribution >= 0.6 is 11.8 Å². The summed E-state index contributed by atoms with van der Waals surface area (Å²) in [6.45, 7) is 5.95. The van der Waals surface area contributed by atoms with Gasteiger partial charge in [0.15, 0.2) is 0 Å². The lowest BCUT2D eigenvalue weighted by Gasteiger charge is -2.24. The largest absolute Gasteiger partial charge is 0.392 e. The molecule has 0 aliphatic carbocycles. The molecule has 2 aromatic rings. The van der Waals surface area contributed by atoms with E-state index in [9.17, 15) is 5.11 Å². The highest BCUT2D eigenvalue weighted by atomic mass is 32.2. The zero-order chi connectivity index (χ0) is 14.8. The van der Waals surface area contributed by atoms with Gasteiger partial charge in [0.25, 0.3) is 0 Å². The highest BCUT2D eigenvalue weighted by Gasteiger charge is 2.24. The number of hydrogen-bond acceptors (Lipinski definition) is 5. The van der Waals surface area contributed by atoms with Gasteiger partial charge in [0, 0.05) is 10.5 Å². The minimum atomic E-state index is -0.505.